The van der Waals surface area contributed by atoms with Gasteiger partial charge in [0.25, 0.3) is 0 Å². The predicted molar refractivity (Wildman–Crippen MR) is 217 cm³/mol. The number of benzene rings is 8. The number of furan rings is 1. The minimum Gasteiger partial charge on any atom is -0.456 e. The summed E-state index contributed by atoms with van der Waals surface area (Å²) < 4.78 is 13.6. The van der Waals surface area contributed by atoms with E-state index < -0.39 is 0 Å². The highest BCUT2D eigenvalue weighted by Crippen LogP contribution is 2.38. The van der Waals surface area contributed by atoms with E-state index in [4.69, 9.17) is 4.42 Å². The lowest BCUT2D eigenvalue weighted by molar-refractivity contribution is 0.669. The molecule has 8 aromatic carbocycles. The second kappa shape index (κ2) is 11.2. The number of fused-ring (bicyclic) bond motifs is 10. The van der Waals surface area contributed by atoms with Gasteiger partial charge in [-0.15, -0.1) is 0 Å². The lowest BCUT2D eigenvalue weighted by atomic mass is 10.1. The maximum absolute atomic E-state index is 6.49. The van der Waals surface area contributed by atoms with Gasteiger partial charge in [0.2, 0.25) is 0 Å². The fraction of sp³-hybridized carbons (Fsp3) is 0. The van der Waals surface area contributed by atoms with E-state index in [9.17, 15) is 0 Å². The van der Waals surface area contributed by atoms with E-state index in [1.807, 2.05) is 0 Å². The highest BCUT2D eigenvalue weighted by Gasteiger charge is 2.17. The molecule has 0 saturated heterocycles. The van der Waals surface area contributed by atoms with Gasteiger partial charge in [-0.2, -0.15) is 0 Å². The number of nitrogens with zero attached hydrogens (tertiary/aromatic N) is 3. The molecule has 11 aromatic rings. The first-order valence-electron chi connectivity index (χ1n) is 17.7. The Hall–Kier alpha value is -7.04. The van der Waals surface area contributed by atoms with Gasteiger partial charge in [0.15, 0.2) is 0 Å². The van der Waals surface area contributed by atoms with Crippen LogP contribution in [0.3, 0.4) is 0 Å². The van der Waals surface area contributed by atoms with Crippen LogP contribution in [0.5, 0.6) is 0 Å². The van der Waals surface area contributed by atoms with Crippen LogP contribution in [0.2, 0.25) is 0 Å². The summed E-state index contributed by atoms with van der Waals surface area (Å²) in [7, 11) is 0. The van der Waals surface area contributed by atoms with Crippen molar-refractivity contribution in [2.75, 3.05) is 0 Å². The molecule has 0 aliphatic rings. The van der Waals surface area contributed by atoms with Gasteiger partial charge >= 0.3 is 0 Å². The van der Waals surface area contributed by atoms with Gasteiger partial charge in [-0.1, -0.05) is 84.9 Å². The molecule has 244 valence electrons. The SMILES string of the molecule is c1ccc(-n2c3cccc(c3)c3cccc(c3)n(-c3cccc4c3c3ccccc3n4-c3ccccc3)c3ccc4oc5ccc2cc5c4c3)cc1. The molecule has 4 nitrogen and oxygen atoms in total. The summed E-state index contributed by atoms with van der Waals surface area (Å²) >= 11 is 0. The third kappa shape index (κ3) is 4.34. The zero-order valence-corrected chi connectivity index (χ0v) is 28.1. The molecule has 0 spiro atoms. The second-order valence-electron chi connectivity index (χ2n) is 13.4. The molecule has 8 bridgehead atoms. The van der Waals surface area contributed by atoms with Crippen LogP contribution in [0.25, 0.3) is 93.6 Å². The van der Waals surface area contributed by atoms with Gasteiger partial charge in [-0.3, -0.25) is 0 Å². The van der Waals surface area contributed by atoms with E-state index in [0.29, 0.717) is 0 Å². The Bertz CT molecular complexity index is 3230. The zero-order valence-electron chi connectivity index (χ0n) is 28.1. The molecule has 0 aliphatic heterocycles. The van der Waals surface area contributed by atoms with Gasteiger partial charge in [0.05, 0.1) is 16.7 Å². The van der Waals surface area contributed by atoms with E-state index >= 15 is 0 Å². The van der Waals surface area contributed by atoms with Crippen LogP contribution in [0, 0.1) is 0 Å². The fourth-order valence-corrected chi connectivity index (χ4v) is 8.17. The highest BCUT2D eigenvalue weighted by molar-refractivity contribution is 6.14. The molecule has 0 fully saturated rings. The molecule has 0 N–H and O–H groups in total. The Kier molecular flexibility index (Phi) is 6.22. The molecule has 0 radical (unpaired) electrons. The standard InChI is InChI=1S/C48H31N3O/c1-3-14-34(15-4-1)49-36-18-9-12-32(28-36)33-13-10-19-37(29-33)50(39-25-27-47-42(31-39)41-30-38(49)24-26-46(41)52-47)44-22-11-23-45-48(44)40-20-7-8-21-43(40)51(45)35-16-5-2-6-17-35/h1-31H. The molecule has 0 atom stereocenters. The van der Waals surface area contributed by atoms with Gasteiger partial charge < -0.3 is 18.1 Å². The molecule has 3 aromatic heterocycles. The molecule has 52 heavy (non-hydrogen) atoms. The number of hydrogen-bond acceptors (Lipinski definition) is 1. The molecule has 3 heterocycles. The van der Waals surface area contributed by atoms with Crippen molar-refractivity contribution in [3.63, 3.8) is 0 Å². The smallest absolute Gasteiger partial charge is 0.135 e. The van der Waals surface area contributed by atoms with Gasteiger partial charge in [0, 0.05) is 55.0 Å². The topological polar surface area (TPSA) is 27.9 Å². The molecule has 0 aliphatic carbocycles. The Morgan fingerprint density at radius 2 is 0.846 bits per heavy atom. The Morgan fingerprint density at radius 1 is 0.327 bits per heavy atom. The largest absolute Gasteiger partial charge is 0.456 e. The molecular formula is C48H31N3O. The Labute approximate surface area is 298 Å². The first kappa shape index (κ1) is 28.8. The third-order valence-electron chi connectivity index (χ3n) is 10.4. The molecule has 0 unspecified atom stereocenters. The minimum atomic E-state index is 0.865. The van der Waals surface area contributed by atoms with Crippen molar-refractivity contribution in [1.29, 1.82) is 0 Å². The molecule has 0 saturated carbocycles. The zero-order chi connectivity index (χ0) is 34.2. The van der Waals surface area contributed by atoms with Gasteiger partial charge in [0.1, 0.15) is 11.2 Å². The summed E-state index contributed by atoms with van der Waals surface area (Å²) in [6.45, 7) is 0. The summed E-state index contributed by atoms with van der Waals surface area (Å²) in [5.74, 6) is 0. The first-order chi connectivity index (χ1) is 25.8. The lowest BCUT2D eigenvalue weighted by Gasteiger charge is -2.15. The molecule has 4 heteroatoms. The number of aromatic nitrogens is 3. The van der Waals surface area contributed by atoms with Crippen LogP contribution in [0.1, 0.15) is 0 Å². The number of hydrogen-bond donors (Lipinski definition) is 0. The van der Waals surface area contributed by atoms with E-state index in [-0.39, 0.29) is 0 Å². The van der Waals surface area contributed by atoms with Crippen LogP contribution in [-0.2, 0) is 0 Å². The summed E-state index contributed by atoms with van der Waals surface area (Å²) in [5.41, 5.74) is 11.7. The first-order valence-corrected chi connectivity index (χ1v) is 17.7. The Balaban J connectivity index is 1.34. The van der Waals surface area contributed by atoms with Crippen molar-refractivity contribution in [3.8, 4) is 17.1 Å². The average Bonchev–Trinajstić information content (AvgIpc) is 3.74. The normalized spacial score (nSPS) is 11.8. The summed E-state index contributed by atoms with van der Waals surface area (Å²) in [5, 5.41) is 6.86. The van der Waals surface area contributed by atoms with Crippen LogP contribution >= 0.6 is 0 Å². The molecule has 11 rings (SSSR count). The second-order valence-corrected chi connectivity index (χ2v) is 13.4. The summed E-state index contributed by atoms with van der Waals surface area (Å²) in [4.78, 5) is 0. The van der Waals surface area contributed by atoms with Crippen LogP contribution in [-0.4, -0.2) is 13.7 Å². The van der Waals surface area contributed by atoms with Crippen molar-refractivity contribution < 1.29 is 4.42 Å². The monoisotopic (exact) mass is 665 g/mol. The van der Waals surface area contributed by atoms with Crippen molar-refractivity contribution in [3.05, 3.63) is 188 Å². The van der Waals surface area contributed by atoms with Crippen LogP contribution < -0.4 is 0 Å². The van der Waals surface area contributed by atoms with Crippen molar-refractivity contribution >= 4 is 76.6 Å². The van der Waals surface area contributed by atoms with E-state index in [0.717, 1.165) is 77.4 Å². The Morgan fingerprint density at radius 3 is 1.52 bits per heavy atom. The third-order valence-corrected chi connectivity index (χ3v) is 10.4. The van der Waals surface area contributed by atoms with E-state index in [1.54, 1.807) is 0 Å². The molecular weight excluding hydrogens is 635 g/mol. The predicted octanol–water partition coefficient (Wildman–Crippen LogP) is 12.8. The van der Waals surface area contributed by atoms with E-state index in [1.165, 1.54) is 16.3 Å². The van der Waals surface area contributed by atoms with Crippen molar-refractivity contribution in [1.82, 2.24) is 13.7 Å². The molecule has 0 amide bonds. The summed E-state index contributed by atoms with van der Waals surface area (Å²) in [6, 6.07) is 67.6. The number of rotatable bonds is 3. The van der Waals surface area contributed by atoms with Crippen molar-refractivity contribution in [2.45, 2.75) is 0 Å². The minimum absolute atomic E-state index is 0.865. The van der Waals surface area contributed by atoms with Gasteiger partial charge in [-0.05, 0) is 114 Å². The van der Waals surface area contributed by atoms with Crippen molar-refractivity contribution in [2.24, 2.45) is 0 Å². The van der Waals surface area contributed by atoms with Crippen LogP contribution in [0.4, 0.5) is 0 Å². The number of para-hydroxylation sites is 3. The van der Waals surface area contributed by atoms with E-state index in [2.05, 4.69) is 202 Å². The fourth-order valence-electron chi connectivity index (χ4n) is 8.17. The average molecular weight is 666 g/mol. The maximum Gasteiger partial charge on any atom is 0.135 e. The maximum atomic E-state index is 6.49. The summed E-state index contributed by atoms with van der Waals surface area (Å²) in [6.07, 6.45) is 0. The highest BCUT2D eigenvalue weighted by atomic mass is 16.3. The quantitative estimate of drug-likeness (QED) is 0.185. The van der Waals surface area contributed by atoms with Crippen LogP contribution in [0.15, 0.2) is 192 Å². The van der Waals surface area contributed by atoms with Gasteiger partial charge in [-0.25, -0.2) is 0 Å². The lowest BCUT2D eigenvalue weighted by Crippen LogP contribution is -1.99.